The molecule has 1 saturated carbocycles. The summed E-state index contributed by atoms with van der Waals surface area (Å²) >= 11 is 2.07. The number of thioether (sulfide) groups is 1. The fourth-order valence-corrected chi connectivity index (χ4v) is 3.36. The summed E-state index contributed by atoms with van der Waals surface area (Å²) in [5.41, 5.74) is 5.85. The van der Waals surface area contributed by atoms with Crippen LogP contribution in [0.2, 0.25) is 0 Å². The summed E-state index contributed by atoms with van der Waals surface area (Å²) in [6, 6.07) is 0. The van der Waals surface area contributed by atoms with Crippen molar-refractivity contribution in [1.29, 1.82) is 0 Å². The minimum Gasteiger partial charge on any atom is -0.370 e. The van der Waals surface area contributed by atoms with E-state index in [1.54, 1.807) is 0 Å². The van der Waals surface area contributed by atoms with Crippen molar-refractivity contribution < 1.29 is 0 Å². The molecule has 1 heterocycles. The molecule has 3 nitrogen and oxygen atoms in total. The zero-order valence-electron chi connectivity index (χ0n) is 9.95. The second-order valence-corrected chi connectivity index (χ2v) is 6.18. The molecule has 1 aliphatic heterocycles. The number of nitrogens with one attached hydrogen (secondary N) is 1. The first kappa shape index (κ1) is 12.1. The number of guanidine groups is 1. The topological polar surface area (TPSA) is 50.4 Å². The molecule has 0 aromatic carbocycles. The summed E-state index contributed by atoms with van der Waals surface area (Å²) < 4.78 is 0. The third kappa shape index (κ3) is 3.89. The Morgan fingerprint density at radius 3 is 2.56 bits per heavy atom. The number of aliphatic imine (C=N–C) groups is 1. The SMILES string of the molecule is NC(=NCC1CCC1)NCC1CCSCC1. The van der Waals surface area contributed by atoms with Gasteiger partial charge in [-0.15, -0.1) is 0 Å². The highest BCUT2D eigenvalue weighted by Crippen LogP contribution is 2.26. The lowest BCUT2D eigenvalue weighted by atomic mass is 9.86. The van der Waals surface area contributed by atoms with Crippen LogP contribution >= 0.6 is 11.8 Å². The van der Waals surface area contributed by atoms with E-state index in [1.165, 1.54) is 43.6 Å². The van der Waals surface area contributed by atoms with Crippen LogP contribution in [0.1, 0.15) is 32.1 Å². The first-order valence-corrected chi connectivity index (χ1v) is 7.61. The standard InChI is InChI=1S/C12H23N3S/c13-12(14-8-10-2-1-3-10)15-9-11-4-6-16-7-5-11/h10-11H,1-9H2,(H3,13,14,15). The van der Waals surface area contributed by atoms with E-state index in [0.717, 1.165) is 24.9 Å². The van der Waals surface area contributed by atoms with Gasteiger partial charge in [0.05, 0.1) is 0 Å². The lowest BCUT2D eigenvalue weighted by molar-refractivity contribution is 0.326. The Labute approximate surface area is 103 Å². The van der Waals surface area contributed by atoms with Gasteiger partial charge in [0, 0.05) is 13.1 Å². The Morgan fingerprint density at radius 1 is 1.19 bits per heavy atom. The molecular formula is C12H23N3S. The molecule has 1 saturated heterocycles. The maximum Gasteiger partial charge on any atom is 0.188 e. The molecule has 0 amide bonds. The fraction of sp³-hybridized carbons (Fsp3) is 0.917. The molecule has 1 aliphatic carbocycles. The van der Waals surface area contributed by atoms with Crippen LogP contribution in [-0.2, 0) is 0 Å². The summed E-state index contributed by atoms with van der Waals surface area (Å²) in [7, 11) is 0. The predicted molar refractivity (Wildman–Crippen MR) is 71.9 cm³/mol. The number of nitrogens with zero attached hydrogens (tertiary/aromatic N) is 1. The molecule has 2 fully saturated rings. The first-order valence-electron chi connectivity index (χ1n) is 6.46. The molecule has 2 aliphatic rings. The summed E-state index contributed by atoms with van der Waals surface area (Å²) in [5, 5.41) is 3.27. The maximum atomic E-state index is 5.85. The monoisotopic (exact) mass is 241 g/mol. The molecule has 0 atom stereocenters. The Hall–Kier alpha value is -0.380. The third-order valence-corrected chi connectivity index (χ3v) is 4.71. The average molecular weight is 241 g/mol. The minimum atomic E-state index is 0.658. The van der Waals surface area contributed by atoms with Crippen LogP contribution < -0.4 is 11.1 Å². The highest BCUT2D eigenvalue weighted by molar-refractivity contribution is 7.99. The normalized spacial score (nSPS) is 24.1. The van der Waals surface area contributed by atoms with Gasteiger partial charge in [-0.05, 0) is 49.0 Å². The van der Waals surface area contributed by atoms with E-state index < -0.39 is 0 Å². The number of hydrogen-bond donors (Lipinski definition) is 2. The zero-order valence-corrected chi connectivity index (χ0v) is 10.8. The molecular weight excluding hydrogens is 218 g/mol. The number of nitrogens with two attached hydrogens (primary N) is 1. The smallest absolute Gasteiger partial charge is 0.188 e. The van der Waals surface area contributed by atoms with Gasteiger partial charge in [-0.1, -0.05) is 6.42 Å². The Morgan fingerprint density at radius 2 is 1.94 bits per heavy atom. The van der Waals surface area contributed by atoms with E-state index in [2.05, 4.69) is 22.1 Å². The quantitative estimate of drug-likeness (QED) is 0.583. The average Bonchev–Trinajstić information content (AvgIpc) is 2.26. The second-order valence-electron chi connectivity index (χ2n) is 4.96. The summed E-state index contributed by atoms with van der Waals surface area (Å²) in [5.74, 6) is 4.90. The van der Waals surface area contributed by atoms with Crippen LogP contribution in [-0.4, -0.2) is 30.6 Å². The van der Waals surface area contributed by atoms with Crippen molar-refractivity contribution in [3.63, 3.8) is 0 Å². The van der Waals surface area contributed by atoms with Crippen molar-refractivity contribution in [2.24, 2.45) is 22.6 Å². The molecule has 3 N–H and O–H groups in total. The third-order valence-electron chi connectivity index (χ3n) is 3.66. The van der Waals surface area contributed by atoms with Gasteiger partial charge in [-0.25, -0.2) is 0 Å². The molecule has 0 radical (unpaired) electrons. The van der Waals surface area contributed by atoms with Crippen LogP contribution in [0.5, 0.6) is 0 Å². The van der Waals surface area contributed by atoms with Crippen LogP contribution in [0.4, 0.5) is 0 Å². The van der Waals surface area contributed by atoms with Gasteiger partial charge < -0.3 is 11.1 Å². The second kappa shape index (κ2) is 6.38. The van der Waals surface area contributed by atoms with Gasteiger partial charge in [0.15, 0.2) is 5.96 Å². The predicted octanol–water partition coefficient (Wildman–Crippen LogP) is 1.83. The molecule has 0 bridgehead atoms. The molecule has 92 valence electrons. The van der Waals surface area contributed by atoms with Crippen molar-refractivity contribution in [2.45, 2.75) is 32.1 Å². The van der Waals surface area contributed by atoms with E-state index >= 15 is 0 Å². The van der Waals surface area contributed by atoms with Crippen LogP contribution in [0.3, 0.4) is 0 Å². The van der Waals surface area contributed by atoms with E-state index in [4.69, 9.17) is 5.73 Å². The van der Waals surface area contributed by atoms with Crippen LogP contribution in [0, 0.1) is 11.8 Å². The molecule has 0 unspecified atom stereocenters. The van der Waals surface area contributed by atoms with Gasteiger partial charge in [0.2, 0.25) is 0 Å². The van der Waals surface area contributed by atoms with Crippen molar-refractivity contribution in [3.8, 4) is 0 Å². The lowest BCUT2D eigenvalue weighted by Gasteiger charge is -2.24. The molecule has 4 heteroatoms. The first-order chi connectivity index (χ1) is 7.84. The van der Waals surface area contributed by atoms with Gasteiger partial charge in [-0.3, -0.25) is 4.99 Å². The van der Waals surface area contributed by atoms with Crippen molar-refractivity contribution in [1.82, 2.24) is 5.32 Å². The summed E-state index contributed by atoms with van der Waals surface area (Å²) in [6.45, 7) is 1.94. The fourth-order valence-electron chi connectivity index (χ4n) is 2.16. The molecule has 0 aromatic rings. The van der Waals surface area contributed by atoms with Gasteiger partial charge in [-0.2, -0.15) is 11.8 Å². The van der Waals surface area contributed by atoms with E-state index in [0.29, 0.717) is 5.96 Å². The van der Waals surface area contributed by atoms with Crippen LogP contribution in [0.25, 0.3) is 0 Å². The minimum absolute atomic E-state index is 0.658. The van der Waals surface area contributed by atoms with Gasteiger partial charge in [0.25, 0.3) is 0 Å². The number of hydrogen-bond acceptors (Lipinski definition) is 2. The Bertz CT molecular complexity index is 232. The largest absolute Gasteiger partial charge is 0.370 e. The molecule has 16 heavy (non-hydrogen) atoms. The molecule has 0 aromatic heterocycles. The van der Waals surface area contributed by atoms with Crippen molar-refractivity contribution >= 4 is 17.7 Å². The van der Waals surface area contributed by atoms with Crippen molar-refractivity contribution in [3.05, 3.63) is 0 Å². The highest BCUT2D eigenvalue weighted by atomic mass is 32.2. The van der Waals surface area contributed by atoms with Gasteiger partial charge in [0.1, 0.15) is 0 Å². The van der Waals surface area contributed by atoms with E-state index in [-0.39, 0.29) is 0 Å². The maximum absolute atomic E-state index is 5.85. The van der Waals surface area contributed by atoms with Crippen molar-refractivity contribution in [2.75, 3.05) is 24.6 Å². The van der Waals surface area contributed by atoms with E-state index in [1.807, 2.05) is 0 Å². The summed E-state index contributed by atoms with van der Waals surface area (Å²) in [6.07, 6.45) is 6.72. The molecule has 0 spiro atoms. The van der Waals surface area contributed by atoms with E-state index in [9.17, 15) is 0 Å². The number of rotatable bonds is 4. The Kier molecular flexibility index (Phi) is 4.82. The highest BCUT2D eigenvalue weighted by Gasteiger charge is 2.17. The zero-order chi connectivity index (χ0) is 11.2. The van der Waals surface area contributed by atoms with Gasteiger partial charge >= 0.3 is 0 Å². The van der Waals surface area contributed by atoms with Crippen LogP contribution in [0.15, 0.2) is 4.99 Å². The molecule has 2 rings (SSSR count). The summed E-state index contributed by atoms with van der Waals surface area (Å²) in [4.78, 5) is 4.41. The lowest BCUT2D eigenvalue weighted by Crippen LogP contribution is -2.37. The Balaban J connectivity index is 1.59.